The highest BCUT2D eigenvalue weighted by atomic mass is 32.1. The van der Waals surface area contributed by atoms with E-state index in [0.717, 1.165) is 21.9 Å². The number of imidazole rings is 1. The second-order valence-corrected chi connectivity index (χ2v) is 5.55. The van der Waals surface area contributed by atoms with Crippen molar-refractivity contribution in [3.63, 3.8) is 0 Å². The van der Waals surface area contributed by atoms with E-state index in [0.29, 0.717) is 6.54 Å². The summed E-state index contributed by atoms with van der Waals surface area (Å²) in [6.45, 7) is 2.65. The van der Waals surface area contributed by atoms with Gasteiger partial charge in [0.05, 0.1) is 11.9 Å². The van der Waals surface area contributed by atoms with E-state index < -0.39 is 0 Å². The van der Waals surface area contributed by atoms with Gasteiger partial charge < -0.3 is 15.6 Å². The van der Waals surface area contributed by atoms with Crippen LogP contribution in [0.2, 0.25) is 0 Å². The number of fused-ring (bicyclic) bond motifs is 1. The number of anilines is 2. The Kier molecular flexibility index (Phi) is 2.83. The van der Waals surface area contributed by atoms with Gasteiger partial charge in [0.15, 0.2) is 0 Å². The van der Waals surface area contributed by atoms with Crippen LogP contribution in [-0.4, -0.2) is 19.5 Å². The molecule has 0 aliphatic heterocycles. The van der Waals surface area contributed by atoms with Crippen LogP contribution in [0.1, 0.15) is 10.7 Å². The van der Waals surface area contributed by atoms with Crippen LogP contribution in [0, 0.1) is 6.92 Å². The molecule has 7 heteroatoms. The fourth-order valence-corrected chi connectivity index (χ4v) is 2.81. The molecule has 0 aliphatic rings. The highest BCUT2D eigenvalue weighted by molar-refractivity contribution is 7.18. The van der Waals surface area contributed by atoms with Crippen LogP contribution in [0.15, 0.2) is 18.5 Å². The minimum atomic E-state index is 0.289. The molecule has 3 aromatic rings. The Bertz CT molecular complexity index is 729. The molecule has 0 aromatic carbocycles. The summed E-state index contributed by atoms with van der Waals surface area (Å²) in [5, 5.41) is 4.28. The Balaban J connectivity index is 1.94. The maximum absolute atomic E-state index is 5.74. The lowest BCUT2D eigenvalue weighted by molar-refractivity contribution is 0.811. The molecule has 3 heterocycles. The van der Waals surface area contributed by atoms with Crippen LogP contribution >= 0.6 is 11.3 Å². The SMILES string of the molecule is Cc1cc2c(NCc3nccn3C)nc(N)nc2s1. The lowest BCUT2D eigenvalue weighted by atomic mass is 10.3. The minimum Gasteiger partial charge on any atom is -0.368 e. The van der Waals surface area contributed by atoms with E-state index >= 15 is 0 Å². The van der Waals surface area contributed by atoms with Gasteiger partial charge in [-0.3, -0.25) is 0 Å². The average molecular weight is 274 g/mol. The molecule has 98 valence electrons. The van der Waals surface area contributed by atoms with E-state index in [1.165, 1.54) is 4.88 Å². The first-order valence-corrected chi connectivity index (χ1v) is 6.69. The van der Waals surface area contributed by atoms with Gasteiger partial charge in [-0.2, -0.15) is 4.98 Å². The van der Waals surface area contributed by atoms with Crippen LogP contribution in [0.3, 0.4) is 0 Å². The van der Waals surface area contributed by atoms with Crippen LogP contribution in [0.25, 0.3) is 10.2 Å². The van der Waals surface area contributed by atoms with E-state index in [4.69, 9.17) is 5.73 Å². The molecule has 0 bridgehead atoms. The van der Waals surface area contributed by atoms with Gasteiger partial charge in [0.1, 0.15) is 16.5 Å². The summed E-state index contributed by atoms with van der Waals surface area (Å²) in [6.07, 6.45) is 3.69. The number of thiophene rings is 1. The summed E-state index contributed by atoms with van der Waals surface area (Å²) >= 11 is 1.62. The van der Waals surface area contributed by atoms with Gasteiger partial charge >= 0.3 is 0 Å². The van der Waals surface area contributed by atoms with Crippen LogP contribution < -0.4 is 11.1 Å². The molecule has 0 aliphatic carbocycles. The molecular weight excluding hydrogens is 260 g/mol. The van der Waals surface area contributed by atoms with Gasteiger partial charge in [-0.05, 0) is 13.0 Å². The van der Waals surface area contributed by atoms with E-state index in [1.807, 2.05) is 24.7 Å². The zero-order chi connectivity index (χ0) is 13.4. The monoisotopic (exact) mass is 274 g/mol. The number of nitrogens with two attached hydrogens (primary N) is 1. The number of aromatic nitrogens is 4. The van der Waals surface area contributed by atoms with Crippen LogP contribution in [0.5, 0.6) is 0 Å². The topological polar surface area (TPSA) is 81.7 Å². The first kappa shape index (κ1) is 11.9. The first-order chi connectivity index (χ1) is 9.13. The fourth-order valence-electron chi connectivity index (χ4n) is 1.92. The predicted molar refractivity (Wildman–Crippen MR) is 77.1 cm³/mol. The first-order valence-electron chi connectivity index (χ1n) is 5.87. The summed E-state index contributed by atoms with van der Waals surface area (Å²) in [5.41, 5.74) is 5.74. The molecule has 19 heavy (non-hydrogen) atoms. The van der Waals surface area contributed by atoms with Crippen molar-refractivity contribution in [1.29, 1.82) is 0 Å². The largest absolute Gasteiger partial charge is 0.368 e. The smallest absolute Gasteiger partial charge is 0.223 e. The number of hydrogen-bond acceptors (Lipinski definition) is 6. The van der Waals surface area contributed by atoms with E-state index in [9.17, 15) is 0 Å². The number of nitrogens with zero attached hydrogens (tertiary/aromatic N) is 4. The van der Waals surface area contributed by atoms with Crippen molar-refractivity contribution in [3.8, 4) is 0 Å². The van der Waals surface area contributed by atoms with Crippen molar-refractivity contribution in [2.75, 3.05) is 11.1 Å². The van der Waals surface area contributed by atoms with E-state index in [-0.39, 0.29) is 5.95 Å². The van der Waals surface area contributed by atoms with Crippen LogP contribution in [0.4, 0.5) is 11.8 Å². The normalized spacial score (nSPS) is 11.1. The Morgan fingerprint density at radius 2 is 2.26 bits per heavy atom. The maximum atomic E-state index is 5.74. The van der Waals surface area contributed by atoms with Crippen LogP contribution in [-0.2, 0) is 13.6 Å². The molecule has 0 saturated carbocycles. The number of nitrogen functional groups attached to an aromatic ring is 1. The highest BCUT2D eigenvalue weighted by Crippen LogP contribution is 2.29. The quantitative estimate of drug-likeness (QED) is 0.762. The van der Waals surface area contributed by atoms with Crippen molar-refractivity contribution in [2.24, 2.45) is 7.05 Å². The lowest BCUT2D eigenvalue weighted by Crippen LogP contribution is -2.08. The van der Waals surface area contributed by atoms with Crippen molar-refractivity contribution < 1.29 is 0 Å². The average Bonchev–Trinajstić information content (AvgIpc) is 2.91. The van der Waals surface area contributed by atoms with Crippen molar-refractivity contribution in [3.05, 3.63) is 29.2 Å². The molecule has 0 fully saturated rings. The van der Waals surface area contributed by atoms with Gasteiger partial charge in [0.25, 0.3) is 0 Å². The van der Waals surface area contributed by atoms with Gasteiger partial charge in [0.2, 0.25) is 5.95 Å². The number of hydrogen-bond donors (Lipinski definition) is 2. The standard InChI is InChI=1S/C12H14N6S/c1-7-5-8-10(16-12(13)17-11(8)19-7)15-6-9-14-3-4-18(9)2/h3-5H,6H2,1-2H3,(H3,13,15,16,17). The zero-order valence-electron chi connectivity index (χ0n) is 10.7. The molecule has 0 radical (unpaired) electrons. The molecule has 3 N–H and O–H groups in total. The highest BCUT2D eigenvalue weighted by Gasteiger charge is 2.09. The molecule has 0 saturated heterocycles. The second kappa shape index (κ2) is 4.51. The third-order valence-electron chi connectivity index (χ3n) is 2.87. The van der Waals surface area contributed by atoms with Gasteiger partial charge in [-0.25, -0.2) is 9.97 Å². The number of aryl methyl sites for hydroxylation is 2. The van der Waals surface area contributed by atoms with Gasteiger partial charge in [-0.1, -0.05) is 0 Å². The molecule has 0 amide bonds. The summed E-state index contributed by atoms with van der Waals surface area (Å²) in [4.78, 5) is 14.9. The molecule has 3 rings (SSSR count). The summed E-state index contributed by atoms with van der Waals surface area (Å²) in [6, 6.07) is 2.07. The van der Waals surface area contributed by atoms with Gasteiger partial charge in [0, 0.05) is 24.3 Å². The molecule has 6 nitrogen and oxygen atoms in total. The molecule has 0 atom stereocenters. The number of nitrogens with one attached hydrogen (secondary N) is 1. The Morgan fingerprint density at radius 3 is 3.00 bits per heavy atom. The maximum Gasteiger partial charge on any atom is 0.223 e. The minimum absolute atomic E-state index is 0.289. The second-order valence-electron chi connectivity index (χ2n) is 4.31. The van der Waals surface area contributed by atoms with Crippen molar-refractivity contribution in [2.45, 2.75) is 13.5 Å². The predicted octanol–water partition coefficient (Wildman–Crippen LogP) is 1.93. The van der Waals surface area contributed by atoms with Gasteiger partial charge in [-0.15, -0.1) is 11.3 Å². The lowest BCUT2D eigenvalue weighted by Gasteiger charge is -2.07. The zero-order valence-corrected chi connectivity index (χ0v) is 11.5. The summed E-state index contributed by atoms with van der Waals surface area (Å²) in [5.74, 6) is 1.99. The Hall–Kier alpha value is -2.15. The van der Waals surface area contributed by atoms with Crippen molar-refractivity contribution >= 4 is 33.3 Å². The Morgan fingerprint density at radius 1 is 1.42 bits per heavy atom. The third-order valence-corrected chi connectivity index (χ3v) is 3.81. The molecule has 0 unspecified atom stereocenters. The van der Waals surface area contributed by atoms with E-state index in [2.05, 4.69) is 26.3 Å². The fraction of sp³-hybridized carbons (Fsp3) is 0.250. The third kappa shape index (κ3) is 2.24. The van der Waals surface area contributed by atoms with E-state index in [1.54, 1.807) is 17.5 Å². The molecular formula is C12H14N6S. The van der Waals surface area contributed by atoms with Crippen molar-refractivity contribution in [1.82, 2.24) is 19.5 Å². The summed E-state index contributed by atoms with van der Waals surface area (Å²) in [7, 11) is 1.96. The summed E-state index contributed by atoms with van der Waals surface area (Å²) < 4.78 is 1.97. The number of rotatable bonds is 3. The Labute approximate surface area is 114 Å². The molecule has 0 spiro atoms. The molecule has 3 aromatic heterocycles.